The predicted molar refractivity (Wildman–Crippen MR) is 109 cm³/mol. The number of ether oxygens (including phenoxy) is 2. The zero-order valence-electron chi connectivity index (χ0n) is 17.0. The predicted octanol–water partition coefficient (Wildman–Crippen LogP) is 4.20. The molecule has 27 heavy (non-hydrogen) atoms. The summed E-state index contributed by atoms with van der Waals surface area (Å²) in [7, 11) is 7.34. The Morgan fingerprint density at radius 1 is 1.11 bits per heavy atom. The van der Waals surface area contributed by atoms with Crippen molar-refractivity contribution in [3.63, 3.8) is 0 Å². The van der Waals surface area contributed by atoms with Crippen molar-refractivity contribution in [3.05, 3.63) is 58.9 Å². The van der Waals surface area contributed by atoms with Crippen molar-refractivity contribution in [3.8, 4) is 11.5 Å². The molecule has 0 saturated heterocycles. The molecule has 1 heterocycles. The number of ketones is 1. The third-order valence-corrected chi connectivity index (χ3v) is 4.40. The molecule has 2 aromatic rings. The summed E-state index contributed by atoms with van der Waals surface area (Å²) in [5.74, 6) is 1.59. The maximum Gasteiger partial charge on any atom is 0.164 e. The van der Waals surface area contributed by atoms with E-state index in [-0.39, 0.29) is 5.78 Å². The van der Waals surface area contributed by atoms with Crippen LogP contribution in [0.2, 0.25) is 0 Å². The second-order valence-corrected chi connectivity index (χ2v) is 6.50. The van der Waals surface area contributed by atoms with E-state index in [0.29, 0.717) is 12.0 Å². The van der Waals surface area contributed by atoms with Gasteiger partial charge in [0.05, 0.1) is 14.2 Å². The first-order valence-electron chi connectivity index (χ1n) is 9.00. The zero-order chi connectivity index (χ0) is 20.0. The summed E-state index contributed by atoms with van der Waals surface area (Å²) in [4.78, 5) is 18.6. The lowest BCUT2D eigenvalue weighted by atomic mass is 9.91. The highest BCUT2D eigenvalue weighted by Gasteiger charge is 2.19. The van der Waals surface area contributed by atoms with Crippen molar-refractivity contribution >= 4 is 11.4 Å². The second kappa shape index (κ2) is 9.33. The highest BCUT2D eigenvalue weighted by atomic mass is 16.5. The van der Waals surface area contributed by atoms with Crippen molar-refractivity contribution in [2.75, 3.05) is 28.3 Å². The Labute approximate surface area is 161 Å². The van der Waals surface area contributed by atoms with Crippen LogP contribution >= 0.6 is 0 Å². The number of Topliss-reactive ketones (excluding diaryl/α,β-unsaturated/α-hetero) is 1. The van der Waals surface area contributed by atoms with E-state index in [4.69, 9.17) is 9.47 Å². The minimum absolute atomic E-state index is 0.0626. The van der Waals surface area contributed by atoms with Crippen LogP contribution in [0.1, 0.15) is 47.3 Å². The molecule has 0 aliphatic carbocycles. The van der Waals surface area contributed by atoms with E-state index >= 15 is 0 Å². The fourth-order valence-electron chi connectivity index (χ4n) is 3.13. The Morgan fingerprint density at radius 2 is 1.81 bits per heavy atom. The molecule has 0 unspecified atom stereocenters. The van der Waals surface area contributed by atoms with Crippen molar-refractivity contribution in [1.29, 1.82) is 0 Å². The molecule has 0 bridgehead atoms. The summed E-state index contributed by atoms with van der Waals surface area (Å²) in [5.41, 5.74) is 4.31. The Bertz CT molecular complexity index is 841. The van der Waals surface area contributed by atoms with Gasteiger partial charge in [-0.05, 0) is 50.4 Å². The van der Waals surface area contributed by atoms with Gasteiger partial charge >= 0.3 is 0 Å². The SMILES string of the molecule is C/C=C(/c1cc(OC)c(CN(C)C)cc1OC)c1ccncc1C(=O)CC. The molecule has 0 spiro atoms. The van der Waals surface area contributed by atoms with Gasteiger partial charge in [-0.3, -0.25) is 9.78 Å². The van der Waals surface area contributed by atoms with Gasteiger partial charge in [0, 0.05) is 42.0 Å². The summed E-state index contributed by atoms with van der Waals surface area (Å²) in [5, 5.41) is 0. The topological polar surface area (TPSA) is 51.7 Å². The molecule has 2 rings (SSSR count). The van der Waals surface area contributed by atoms with Gasteiger partial charge in [0.1, 0.15) is 11.5 Å². The fraction of sp³-hybridized carbons (Fsp3) is 0.364. The maximum absolute atomic E-state index is 12.4. The molecule has 5 nitrogen and oxygen atoms in total. The van der Waals surface area contributed by atoms with Crippen LogP contribution in [0.4, 0.5) is 0 Å². The Kier molecular flexibility index (Phi) is 7.13. The van der Waals surface area contributed by atoms with Crippen molar-refractivity contribution < 1.29 is 14.3 Å². The minimum atomic E-state index is 0.0626. The van der Waals surface area contributed by atoms with E-state index in [0.717, 1.165) is 40.3 Å². The lowest BCUT2D eigenvalue weighted by Crippen LogP contribution is -2.12. The van der Waals surface area contributed by atoms with E-state index in [2.05, 4.69) is 9.88 Å². The molecule has 0 fully saturated rings. The first-order chi connectivity index (χ1) is 13.0. The summed E-state index contributed by atoms with van der Waals surface area (Å²) < 4.78 is 11.3. The number of methoxy groups -OCH3 is 2. The third-order valence-electron chi connectivity index (χ3n) is 4.40. The fourth-order valence-corrected chi connectivity index (χ4v) is 3.13. The summed E-state index contributed by atoms with van der Waals surface area (Å²) in [6.07, 6.45) is 5.76. The minimum Gasteiger partial charge on any atom is -0.496 e. The second-order valence-electron chi connectivity index (χ2n) is 6.50. The van der Waals surface area contributed by atoms with Gasteiger partial charge in [0.2, 0.25) is 0 Å². The van der Waals surface area contributed by atoms with E-state index in [1.165, 1.54) is 0 Å². The van der Waals surface area contributed by atoms with Gasteiger partial charge in [-0.25, -0.2) is 0 Å². The molecule has 0 radical (unpaired) electrons. The number of aromatic nitrogens is 1. The van der Waals surface area contributed by atoms with Crippen molar-refractivity contribution in [2.45, 2.75) is 26.8 Å². The first-order valence-corrected chi connectivity index (χ1v) is 9.00. The Balaban J connectivity index is 2.67. The van der Waals surface area contributed by atoms with Crippen LogP contribution in [0.25, 0.3) is 5.57 Å². The molecule has 1 aromatic heterocycles. The van der Waals surface area contributed by atoms with Crippen LogP contribution in [-0.2, 0) is 6.54 Å². The molecular weight excluding hydrogens is 340 g/mol. The standard InChI is InChI=1S/C22H28N2O3/c1-7-16(17-9-10-23-13-19(17)20(25)8-2)18-12-21(26-5)15(14-24(3)4)11-22(18)27-6/h7,9-13H,8,14H2,1-6H3/b16-7+. The van der Waals surface area contributed by atoms with Gasteiger partial charge in [-0.2, -0.15) is 0 Å². The number of rotatable bonds is 8. The zero-order valence-corrected chi connectivity index (χ0v) is 17.0. The van der Waals surface area contributed by atoms with Gasteiger partial charge < -0.3 is 14.4 Å². The number of hydrogen-bond donors (Lipinski definition) is 0. The molecule has 0 atom stereocenters. The average Bonchev–Trinajstić information content (AvgIpc) is 2.68. The van der Waals surface area contributed by atoms with Crippen LogP contribution in [0.15, 0.2) is 36.7 Å². The maximum atomic E-state index is 12.4. The number of nitrogens with zero attached hydrogens (tertiary/aromatic N) is 2. The van der Waals surface area contributed by atoms with Gasteiger partial charge in [0.15, 0.2) is 5.78 Å². The van der Waals surface area contributed by atoms with Crippen LogP contribution in [0.5, 0.6) is 11.5 Å². The number of carbonyl (C=O) groups excluding carboxylic acids is 1. The molecule has 0 N–H and O–H groups in total. The van der Waals surface area contributed by atoms with Gasteiger partial charge in [-0.15, -0.1) is 0 Å². The number of pyridine rings is 1. The highest BCUT2D eigenvalue weighted by molar-refractivity contribution is 6.02. The monoisotopic (exact) mass is 368 g/mol. The summed E-state index contributed by atoms with van der Waals surface area (Å²) >= 11 is 0. The third kappa shape index (κ3) is 4.55. The Hall–Kier alpha value is -2.66. The van der Waals surface area contributed by atoms with Crippen LogP contribution in [-0.4, -0.2) is 44.0 Å². The molecule has 0 amide bonds. The van der Waals surface area contributed by atoms with Gasteiger partial charge in [-0.1, -0.05) is 13.0 Å². The van der Waals surface area contributed by atoms with E-state index in [9.17, 15) is 4.79 Å². The number of benzene rings is 1. The number of hydrogen-bond acceptors (Lipinski definition) is 5. The smallest absolute Gasteiger partial charge is 0.164 e. The molecule has 5 heteroatoms. The lowest BCUT2D eigenvalue weighted by Gasteiger charge is -2.20. The van der Waals surface area contributed by atoms with Crippen molar-refractivity contribution in [2.24, 2.45) is 0 Å². The van der Waals surface area contributed by atoms with E-state index < -0.39 is 0 Å². The molecule has 1 aromatic carbocycles. The van der Waals surface area contributed by atoms with Crippen molar-refractivity contribution in [1.82, 2.24) is 9.88 Å². The number of carbonyl (C=O) groups is 1. The van der Waals surface area contributed by atoms with E-state index in [1.807, 2.05) is 52.2 Å². The quantitative estimate of drug-likeness (QED) is 0.654. The lowest BCUT2D eigenvalue weighted by molar-refractivity contribution is 0.0987. The molecule has 0 saturated carbocycles. The van der Waals surface area contributed by atoms with E-state index in [1.54, 1.807) is 26.6 Å². The average molecular weight is 368 g/mol. The molecule has 144 valence electrons. The largest absolute Gasteiger partial charge is 0.496 e. The molecular formula is C22H28N2O3. The van der Waals surface area contributed by atoms with Crippen LogP contribution in [0, 0.1) is 0 Å². The molecule has 0 aliphatic rings. The molecule has 0 aliphatic heterocycles. The van der Waals surface area contributed by atoms with Crippen LogP contribution in [0.3, 0.4) is 0 Å². The van der Waals surface area contributed by atoms with Gasteiger partial charge in [0.25, 0.3) is 0 Å². The highest BCUT2D eigenvalue weighted by Crippen LogP contribution is 2.37. The number of allylic oxidation sites excluding steroid dienone is 1. The normalized spacial score (nSPS) is 11.6. The van der Waals surface area contributed by atoms with Crippen LogP contribution < -0.4 is 9.47 Å². The first kappa shape index (κ1) is 20.6. The summed E-state index contributed by atoms with van der Waals surface area (Å²) in [6, 6.07) is 5.85. The Morgan fingerprint density at radius 3 is 2.37 bits per heavy atom. The summed E-state index contributed by atoms with van der Waals surface area (Å²) in [6.45, 7) is 4.55.